The summed E-state index contributed by atoms with van der Waals surface area (Å²) in [6.07, 6.45) is 4.61. The molecule has 0 bridgehead atoms. The van der Waals surface area contributed by atoms with Crippen LogP contribution in [-0.4, -0.2) is 51.6 Å². The first kappa shape index (κ1) is 14.1. The molecular formula is C16H28N4. The van der Waals surface area contributed by atoms with E-state index in [0.29, 0.717) is 6.04 Å². The molecule has 20 heavy (non-hydrogen) atoms. The summed E-state index contributed by atoms with van der Waals surface area (Å²) in [6.45, 7) is 13.9. The molecule has 1 saturated heterocycles. The molecule has 0 N–H and O–H groups in total. The molecule has 4 nitrogen and oxygen atoms in total. The highest BCUT2D eigenvalue weighted by molar-refractivity contribution is 5.09. The van der Waals surface area contributed by atoms with Crippen molar-refractivity contribution >= 4 is 0 Å². The van der Waals surface area contributed by atoms with Gasteiger partial charge in [0.25, 0.3) is 0 Å². The van der Waals surface area contributed by atoms with Crippen molar-refractivity contribution in [3.63, 3.8) is 0 Å². The lowest BCUT2D eigenvalue weighted by atomic mass is 9.99. The third-order valence-electron chi connectivity index (χ3n) is 4.93. The lowest BCUT2D eigenvalue weighted by Gasteiger charge is -2.36. The first-order valence-corrected chi connectivity index (χ1v) is 8.13. The van der Waals surface area contributed by atoms with Gasteiger partial charge in [-0.1, -0.05) is 6.92 Å². The Kier molecular flexibility index (Phi) is 4.13. The zero-order valence-electron chi connectivity index (χ0n) is 13.2. The summed E-state index contributed by atoms with van der Waals surface area (Å²) in [7, 11) is 0. The molecule has 4 heteroatoms. The van der Waals surface area contributed by atoms with Gasteiger partial charge in [0.2, 0.25) is 0 Å². The molecule has 3 rings (SSSR count). The van der Waals surface area contributed by atoms with Crippen molar-refractivity contribution in [2.75, 3.05) is 26.2 Å². The van der Waals surface area contributed by atoms with Gasteiger partial charge in [-0.15, -0.1) is 0 Å². The molecule has 0 aliphatic carbocycles. The number of nitrogens with zero attached hydrogens (tertiary/aromatic N) is 4. The second-order valence-corrected chi connectivity index (χ2v) is 6.82. The first-order valence-electron chi connectivity index (χ1n) is 8.13. The van der Waals surface area contributed by atoms with Crippen molar-refractivity contribution in [1.82, 2.24) is 19.4 Å². The van der Waals surface area contributed by atoms with E-state index in [1.165, 1.54) is 50.5 Å². The summed E-state index contributed by atoms with van der Waals surface area (Å²) in [6, 6.07) is 0.679. The molecule has 0 amide bonds. The zero-order chi connectivity index (χ0) is 14.1. The van der Waals surface area contributed by atoms with Crippen LogP contribution in [0.2, 0.25) is 0 Å². The number of piperazine rings is 1. The Morgan fingerprint density at radius 3 is 2.65 bits per heavy atom. The third kappa shape index (κ3) is 2.91. The molecule has 2 aliphatic rings. The van der Waals surface area contributed by atoms with Crippen LogP contribution in [0.5, 0.6) is 0 Å². The lowest BCUT2D eigenvalue weighted by molar-refractivity contribution is 0.101. The van der Waals surface area contributed by atoms with E-state index >= 15 is 0 Å². The van der Waals surface area contributed by atoms with Crippen molar-refractivity contribution in [3.05, 3.63) is 17.7 Å². The molecule has 112 valence electrons. The number of fused-ring (bicyclic) bond motifs is 1. The largest absolute Gasteiger partial charge is 0.331 e. The van der Waals surface area contributed by atoms with E-state index in [9.17, 15) is 0 Å². The lowest BCUT2D eigenvalue weighted by Crippen LogP contribution is -2.48. The van der Waals surface area contributed by atoms with E-state index in [-0.39, 0.29) is 0 Å². The van der Waals surface area contributed by atoms with Crippen molar-refractivity contribution in [2.24, 2.45) is 5.92 Å². The Labute approximate surface area is 122 Å². The van der Waals surface area contributed by atoms with Crippen LogP contribution in [0.3, 0.4) is 0 Å². The van der Waals surface area contributed by atoms with Gasteiger partial charge in [-0.25, -0.2) is 4.98 Å². The first-order chi connectivity index (χ1) is 9.63. The Morgan fingerprint density at radius 1 is 1.20 bits per heavy atom. The van der Waals surface area contributed by atoms with Gasteiger partial charge in [-0.05, 0) is 32.6 Å². The number of hydrogen-bond donors (Lipinski definition) is 0. The molecule has 1 fully saturated rings. The van der Waals surface area contributed by atoms with Gasteiger partial charge < -0.3 is 4.57 Å². The van der Waals surface area contributed by atoms with E-state index in [0.717, 1.165) is 19.0 Å². The normalized spacial score (nSPS) is 25.1. The van der Waals surface area contributed by atoms with Gasteiger partial charge in [0.15, 0.2) is 0 Å². The fraction of sp³-hybridized carbons (Fsp3) is 0.812. The Morgan fingerprint density at radius 2 is 1.95 bits per heavy atom. The molecule has 0 aromatic carbocycles. The van der Waals surface area contributed by atoms with Crippen LogP contribution in [0.4, 0.5) is 0 Å². The van der Waals surface area contributed by atoms with Crippen LogP contribution >= 0.6 is 0 Å². The van der Waals surface area contributed by atoms with Crippen LogP contribution in [0, 0.1) is 5.92 Å². The highest BCUT2D eigenvalue weighted by Crippen LogP contribution is 2.22. The van der Waals surface area contributed by atoms with E-state index in [2.05, 4.69) is 46.3 Å². The molecule has 1 aromatic heterocycles. The SMILES string of the molecule is CC1CCn2c(cnc2CN2CCN(C(C)C)CC2)C1. The summed E-state index contributed by atoms with van der Waals surface area (Å²) >= 11 is 0. The van der Waals surface area contributed by atoms with E-state index < -0.39 is 0 Å². The minimum absolute atomic E-state index is 0.679. The highest BCUT2D eigenvalue weighted by atomic mass is 15.3. The Balaban J connectivity index is 1.60. The van der Waals surface area contributed by atoms with E-state index in [4.69, 9.17) is 0 Å². The third-order valence-corrected chi connectivity index (χ3v) is 4.93. The molecular weight excluding hydrogens is 248 g/mol. The van der Waals surface area contributed by atoms with Crippen molar-refractivity contribution in [2.45, 2.75) is 52.7 Å². The number of aromatic nitrogens is 2. The predicted molar refractivity (Wildman–Crippen MR) is 81.7 cm³/mol. The second kappa shape index (κ2) is 5.86. The maximum absolute atomic E-state index is 4.69. The van der Waals surface area contributed by atoms with Crippen LogP contribution in [0.1, 0.15) is 38.7 Å². The van der Waals surface area contributed by atoms with Gasteiger partial charge in [0.1, 0.15) is 5.82 Å². The zero-order valence-corrected chi connectivity index (χ0v) is 13.2. The monoisotopic (exact) mass is 276 g/mol. The molecule has 3 heterocycles. The fourth-order valence-corrected chi connectivity index (χ4v) is 3.46. The smallest absolute Gasteiger partial charge is 0.123 e. The quantitative estimate of drug-likeness (QED) is 0.844. The summed E-state index contributed by atoms with van der Waals surface area (Å²) in [5.74, 6) is 2.10. The van der Waals surface area contributed by atoms with Gasteiger partial charge in [0, 0.05) is 50.7 Å². The second-order valence-electron chi connectivity index (χ2n) is 6.82. The number of imidazole rings is 1. The van der Waals surface area contributed by atoms with Crippen LogP contribution in [0.15, 0.2) is 6.20 Å². The van der Waals surface area contributed by atoms with Crippen molar-refractivity contribution in [1.29, 1.82) is 0 Å². The summed E-state index contributed by atoms with van der Waals surface area (Å²) in [5, 5.41) is 0. The van der Waals surface area contributed by atoms with E-state index in [1.807, 2.05) is 0 Å². The number of hydrogen-bond acceptors (Lipinski definition) is 3. The van der Waals surface area contributed by atoms with Crippen LogP contribution in [0.25, 0.3) is 0 Å². The molecule has 0 saturated carbocycles. The van der Waals surface area contributed by atoms with Crippen LogP contribution < -0.4 is 0 Å². The minimum atomic E-state index is 0.679. The molecule has 1 aromatic rings. The Hall–Kier alpha value is -0.870. The maximum atomic E-state index is 4.69. The molecule has 1 unspecified atom stereocenters. The Bertz CT molecular complexity index is 443. The topological polar surface area (TPSA) is 24.3 Å². The van der Waals surface area contributed by atoms with Gasteiger partial charge in [0.05, 0.1) is 6.54 Å². The summed E-state index contributed by atoms with van der Waals surface area (Å²) in [4.78, 5) is 9.82. The van der Waals surface area contributed by atoms with Crippen LogP contribution in [-0.2, 0) is 19.5 Å². The summed E-state index contributed by atoms with van der Waals surface area (Å²) < 4.78 is 2.47. The highest BCUT2D eigenvalue weighted by Gasteiger charge is 2.22. The number of rotatable bonds is 3. The minimum Gasteiger partial charge on any atom is -0.331 e. The van der Waals surface area contributed by atoms with Gasteiger partial charge in [-0.2, -0.15) is 0 Å². The average molecular weight is 276 g/mol. The van der Waals surface area contributed by atoms with Gasteiger partial charge in [-0.3, -0.25) is 9.80 Å². The maximum Gasteiger partial charge on any atom is 0.123 e. The standard InChI is InChI=1S/C16H28N4/c1-13(2)19-8-6-18(7-9-19)12-16-17-11-15-10-14(3)4-5-20(15)16/h11,13-14H,4-10,12H2,1-3H3. The van der Waals surface area contributed by atoms with Gasteiger partial charge >= 0.3 is 0 Å². The van der Waals surface area contributed by atoms with E-state index in [1.54, 1.807) is 0 Å². The van der Waals surface area contributed by atoms with Crippen molar-refractivity contribution in [3.8, 4) is 0 Å². The molecule has 1 atom stereocenters. The fourth-order valence-electron chi connectivity index (χ4n) is 3.46. The summed E-state index contributed by atoms with van der Waals surface area (Å²) in [5.41, 5.74) is 1.44. The molecule has 2 aliphatic heterocycles. The molecule has 0 radical (unpaired) electrons. The molecule has 0 spiro atoms. The van der Waals surface area contributed by atoms with Crippen molar-refractivity contribution < 1.29 is 0 Å². The predicted octanol–water partition coefficient (Wildman–Crippen LogP) is 1.99. The average Bonchev–Trinajstić information content (AvgIpc) is 2.81.